The molecule has 2 fully saturated rings. The largest absolute Gasteiger partial charge is 0.436 e. The molecule has 0 amide bonds. The molecule has 2 rings (SSSR count). The standard InChI is InChI=1S/C16H28O3/c1-11(2)13-8-7-12(3)10-14(13)16(17)19-15-6-4-5-9-18-15/h11-15H,4-10H2,1-3H3. The number of rotatable bonds is 3. The van der Waals surface area contributed by atoms with Gasteiger partial charge in [-0.25, -0.2) is 0 Å². The third-order valence-electron chi connectivity index (χ3n) is 4.71. The van der Waals surface area contributed by atoms with Crippen LogP contribution in [0.25, 0.3) is 0 Å². The Bertz CT molecular complexity index is 294. The van der Waals surface area contributed by atoms with Gasteiger partial charge in [0.15, 0.2) is 0 Å². The van der Waals surface area contributed by atoms with Gasteiger partial charge in [-0.05, 0) is 43.4 Å². The van der Waals surface area contributed by atoms with Crippen LogP contribution in [0.4, 0.5) is 0 Å². The van der Waals surface area contributed by atoms with Crippen LogP contribution >= 0.6 is 0 Å². The summed E-state index contributed by atoms with van der Waals surface area (Å²) in [6.45, 7) is 7.41. The van der Waals surface area contributed by atoms with Crippen LogP contribution in [-0.4, -0.2) is 18.9 Å². The molecule has 19 heavy (non-hydrogen) atoms. The highest BCUT2D eigenvalue weighted by atomic mass is 16.7. The zero-order chi connectivity index (χ0) is 13.8. The number of hydrogen-bond acceptors (Lipinski definition) is 3. The van der Waals surface area contributed by atoms with Crippen molar-refractivity contribution in [3.05, 3.63) is 0 Å². The van der Waals surface area contributed by atoms with Crippen molar-refractivity contribution in [2.75, 3.05) is 6.61 Å². The van der Waals surface area contributed by atoms with Crippen molar-refractivity contribution in [2.45, 2.75) is 65.6 Å². The zero-order valence-corrected chi connectivity index (χ0v) is 12.6. The van der Waals surface area contributed by atoms with Crippen LogP contribution in [0.1, 0.15) is 59.3 Å². The topological polar surface area (TPSA) is 35.5 Å². The summed E-state index contributed by atoms with van der Waals surface area (Å²) in [6, 6.07) is 0. The third kappa shape index (κ3) is 3.95. The molecular formula is C16H28O3. The van der Waals surface area contributed by atoms with E-state index in [0.717, 1.165) is 38.7 Å². The summed E-state index contributed by atoms with van der Waals surface area (Å²) >= 11 is 0. The maximum atomic E-state index is 12.4. The second kappa shape index (κ2) is 6.74. The first kappa shape index (κ1) is 14.8. The smallest absolute Gasteiger partial charge is 0.311 e. The molecule has 4 unspecified atom stereocenters. The molecule has 1 heterocycles. The normalized spacial score (nSPS) is 36.2. The Hall–Kier alpha value is -0.570. The summed E-state index contributed by atoms with van der Waals surface area (Å²) in [5.41, 5.74) is 0. The summed E-state index contributed by atoms with van der Waals surface area (Å²) in [4.78, 5) is 12.4. The van der Waals surface area contributed by atoms with Gasteiger partial charge in [0.05, 0.1) is 12.5 Å². The predicted octanol–water partition coefficient (Wildman–Crippen LogP) is 3.76. The van der Waals surface area contributed by atoms with Crippen molar-refractivity contribution < 1.29 is 14.3 Å². The minimum atomic E-state index is -0.286. The molecule has 0 aromatic rings. The summed E-state index contributed by atoms with van der Waals surface area (Å²) in [6.07, 6.45) is 6.15. The number of ether oxygens (including phenoxy) is 2. The number of carbonyl (C=O) groups is 1. The first-order valence-corrected chi connectivity index (χ1v) is 7.90. The Morgan fingerprint density at radius 1 is 1.21 bits per heavy atom. The lowest BCUT2D eigenvalue weighted by Gasteiger charge is -2.36. The molecule has 0 spiro atoms. The molecule has 1 saturated carbocycles. The van der Waals surface area contributed by atoms with Gasteiger partial charge in [-0.1, -0.05) is 27.2 Å². The molecule has 0 radical (unpaired) electrons. The van der Waals surface area contributed by atoms with Gasteiger partial charge < -0.3 is 9.47 Å². The highest BCUT2D eigenvalue weighted by molar-refractivity contribution is 5.73. The Morgan fingerprint density at radius 2 is 2.00 bits per heavy atom. The average Bonchev–Trinajstić information content (AvgIpc) is 2.39. The van der Waals surface area contributed by atoms with Crippen molar-refractivity contribution in [1.82, 2.24) is 0 Å². The van der Waals surface area contributed by atoms with Gasteiger partial charge in [0.1, 0.15) is 0 Å². The second-order valence-corrected chi connectivity index (χ2v) is 6.67. The Balaban J connectivity index is 1.93. The summed E-state index contributed by atoms with van der Waals surface area (Å²) in [5, 5.41) is 0. The van der Waals surface area contributed by atoms with Crippen molar-refractivity contribution in [1.29, 1.82) is 0 Å². The molecule has 4 atom stereocenters. The van der Waals surface area contributed by atoms with Crippen LogP contribution in [0.2, 0.25) is 0 Å². The zero-order valence-electron chi connectivity index (χ0n) is 12.6. The first-order valence-electron chi connectivity index (χ1n) is 7.90. The quantitative estimate of drug-likeness (QED) is 0.731. The van der Waals surface area contributed by atoms with Gasteiger partial charge in [0, 0.05) is 6.42 Å². The molecule has 0 aromatic carbocycles. The van der Waals surface area contributed by atoms with E-state index in [4.69, 9.17) is 9.47 Å². The van der Waals surface area contributed by atoms with Gasteiger partial charge in [-0.2, -0.15) is 0 Å². The van der Waals surface area contributed by atoms with E-state index in [1.165, 1.54) is 6.42 Å². The van der Waals surface area contributed by atoms with Crippen LogP contribution in [0.5, 0.6) is 0 Å². The van der Waals surface area contributed by atoms with Gasteiger partial charge in [-0.15, -0.1) is 0 Å². The van der Waals surface area contributed by atoms with Crippen molar-refractivity contribution in [3.63, 3.8) is 0 Å². The minimum Gasteiger partial charge on any atom is -0.436 e. The van der Waals surface area contributed by atoms with Gasteiger partial charge in [-0.3, -0.25) is 4.79 Å². The number of esters is 1. The lowest BCUT2D eigenvalue weighted by atomic mass is 9.70. The molecule has 0 bridgehead atoms. The average molecular weight is 268 g/mol. The van der Waals surface area contributed by atoms with Crippen LogP contribution in [-0.2, 0) is 14.3 Å². The minimum absolute atomic E-state index is 0.0165. The summed E-state index contributed by atoms with van der Waals surface area (Å²) in [7, 11) is 0. The Labute approximate surface area is 117 Å². The summed E-state index contributed by atoms with van der Waals surface area (Å²) < 4.78 is 11.1. The fourth-order valence-corrected chi connectivity index (χ4v) is 3.49. The lowest BCUT2D eigenvalue weighted by Crippen LogP contribution is -2.37. The highest BCUT2D eigenvalue weighted by Gasteiger charge is 2.37. The fourth-order valence-electron chi connectivity index (χ4n) is 3.49. The highest BCUT2D eigenvalue weighted by Crippen LogP contribution is 2.39. The van der Waals surface area contributed by atoms with E-state index < -0.39 is 0 Å². The fraction of sp³-hybridized carbons (Fsp3) is 0.938. The molecule has 0 N–H and O–H groups in total. The molecule has 3 nitrogen and oxygen atoms in total. The van der Waals surface area contributed by atoms with Crippen LogP contribution in [0.3, 0.4) is 0 Å². The van der Waals surface area contributed by atoms with Crippen LogP contribution in [0.15, 0.2) is 0 Å². The molecule has 0 aromatic heterocycles. The van der Waals surface area contributed by atoms with Gasteiger partial charge in [0.25, 0.3) is 0 Å². The Kier molecular flexibility index (Phi) is 5.26. The van der Waals surface area contributed by atoms with E-state index in [-0.39, 0.29) is 18.2 Å². The molecule has 3 heteroatoms. The molecular weight excluding hydrogens is 240 g/mol. The summed E-state index contributed by atoms with van der Waals surface area (Å²) in [5.74, 6) is 1.73. The van der Waals surface area contributed by atoms with Crippen molar-refractivity contribution in [2.24, 2.45) is 23.7 Å². The maximum Gasteiger partial charge on any atom is 0.311 e. The maximum absolute atomic E-state index is 12.4. The van der Waals surface area contributed by atoms with E-state index in [9.17, 15) is 4.79 Å². The van der Waals surface area contributed by atoms with Crippen molar-refractivity contribution in [3.8, 4) is 0 Å². The van der Waals surface area contributed by atoms with E-state index in [0.29, 0.717) is 17.8 Å². The van der Waals surface area contributed by atoms with E-state index in [2.05, 4.69) is 20.8 Å². The van der Waals surface area contributed by atoms with E-state index >= 15 is 0 Å². The monoisotopic (exact) mass is 268 g/mol. The first-order chi connectivity index (χ1) is 9.08. The van der Waals surface area contributed by atoms with E-state index in [1.54, 1.807) is 0 Å². The third-order valence-corrected chi connectivity index (χ3v) is 4.71. The van der Waals surface area contributed by atoms with Crippen molar-refractivity contribution >= 4 is 5.97 Å². The van der Waals surface area contributed by atoms with Gasteiger partial charge >= 0.3 is 5.97 Å². The van der Waals surface area contributed by atoms with E-state index in [1.807, 2.05) is 0 Å². The molecule has 110 valence electrons. The second-order valence-electron chi connectivity index (χ2n) is 6.67. The molecule has 1 aliphatic heterocycles. The predicted molar refractivity (Wildman–Crippen MR) is 74.5 cm³/mol. The molecule has 2 aliphatic rings. The number of hydrogen-bond donors (Lipinski definition) is 0. The Morgan fingerprint density at radius 3 is 2.63 bits per heavy atom. The molecule has 1 aliphatic carbocycles. The van der Waals surface area contributed by atoms with Crippen LogP contribution < -0.4 is 0 Å². The lowest BCUT2D eigenvalue weighted by molar-refractivity contribution is -0.195. The molecule has 1 saturated heterocycles. The SMILES string of the molecule is CC1CCC(C(C)C)C(C(=O)OC2CCCCO2)C1. The number of carbonyl (C=O) groups excluding carboxylic acids is 1. The van der Waals surface area contributed by atoms with Crippen LogP contribution in [0, 0.1) is 23.7 Å². The van der Waals surface area contributed by atoms with Gasteiger partial charge in [0.2, 0.25) is 6.29 Å².